The molecule has 0 bridgehead atoms. The molecule has 0 saturated carbocycles. The van der Waals surface area contributed by atoms with E-state index in [4.69, 9.17) is 0 Å². The summed E-state index contributed by atoms with van der Waals surface area (Å²) in [6, 6.07) is 4.08. The Balaban J connectivity index is 1.85. The van der Waals surface area contributed by atoms with Crippen molar-refractivity contribution in [2.45, 2.75) is 37.6 Å². The fourth-order valence-corrected chi connectivity index (χ4v) is 3.83. The summed E-state index contributed by atoms with van der Waals surface area (Å²) in [4.78, 5) is 21.0. The minimum atomic E-state index is -0.0163. The van der Waals surface area contributed by atoms with E-state index in [1.54, 1.807) is 6.20 Å². The predicted octanol–water partition coefficient (Wildman–Crippen LogP) is 2.62. The van der Waals surface area contributed by atoms with Crippen LogP contribution in [0.5, 0.6) is 0 Å². The number of nitrogens with zero attached hydrogens (tertiary/aromatic N) is 3. The second kappa shape index (κ2) is 5.88. The summed E-state index contributed by atoms with van der Waals surface area (Å²) >= 11 is 0. The highest BCUT2D eigenvalue weighted by Gasteiger charge is 2.44. The Labute approximate surface area is 126 Å². The van der Waals surface area contributed by atoms with Gasteiger partial charge in [-0.3, -0.25) is 9.78 Å². The fourth-order valence-electron chi connectivity index (χ4n) is 3.83. The van der Waals surface area contributed by atoms with Crippen LogP contribution in [0.25, 0.3) is 0 Å². The van der Waals surface area contributed by atoms with E-state index >= 15 is 0 Å². The molecular weight excluding hydrogens is 262 g/mol. The van der Waals surface area contributed by atoms with E-state index in [2.05, 4.69) is 27.4 Å². The molecule has 2 aliphatic rings. The standard InChI is InChI=1S/C17H23N3O/c1-2-11-20-16(21)7-3-8-17(20)9-5-12-19(14-17)15-6-4-10-18-13-15/h2,4,6,10,13H,1,3,5,7-9,11-12,14H2/t17-/m1/s1. The maximum atomic E-state index is 12.3. The number of hydrogen-bond acceptors (Lipinski definition) is 3. The number of rotatable bonds is 3. The average molecular weight is 285 g/mol. The van der Waals surface area contributed by atoms with Crippen molar-refractivity contribution < 1.29 is 4.79 Å². The molecular formula is C17H23N3O. The van der Waals surface area contributed by atoms with Crippen molar-refractivity contribution in [1.29, 1.82) is 0 Å². The first kappa shape index (κ1) is 14.1. The number of piperidine rings is 2. The van der Waals surface area contributed by atoms with Crippen molar-refractivity contribution in [3.63, 3.8) is 0 Å². The van der Waals surface area contributed by atoms with E-state index in [-0.39, 0.29) is 11.4 Å². The Morgan fingerprint density at radius 2 is 2.24 bits per heavy atom. The van der Waals surface area contributed by atoms with Crippen LogP contribution in [0.3, 0.4) is 0 Å². The molecule has 1 amide bonds. The zero-order valence-corrected chi connectivity index (χ0v) is 12.5. The van der Waals surface area contributed by atoms with Gasteiger partial charge in [0.25, 0.3) is 0 Å². The fraction of sp³-hybridized carbons (Fsp3) is 0.529. The number of pyridine rings is 1. The number of amides is 1. The highest BCUT2D eigenvalue weighted by atomic mass is 16.2. The number of aromatic nitrogens is 1. The minimum Gasteiger partial charge on any atom is -0.368 e. The van der Waals surface area contributed by atoms with E-state index in [1.165, 1.54) is 0 Å². The molecule has 0 radical (unpaired) electrons. The van der Waals surface area contributed by atoms with Gasteiger partial charge in [-0.1, -0.05) is 6.08 Å². The molecule has 0 unspecified atom stereocenters. The van der Waals surface area contributed by atoms with E-state index in [0.29, 0.717) is 13.0 Å². The molecule has 0 aliphatic carbocycles. The zero-order valence-electron chi connectivity index (χ0n) is 12.5. The maximum absolute atomic E-state index is 12.3. The van der Waals surface area contributed by atoms with Crippen LogP contribution in [0.4, 0.5) is 5.69 Å². The minimum absolute atomic E-state index is 0.0163. The van der Waals surface area contributed by atoms with Crippen molar-refractivity contribution in [2.24, 2.45) is 0 Å². The molecule has 2 aliphatic heterocycles. The highest BCUT2D eigenvalue weighted by Crippen LogP contribution is 2.37. The van der Waals surface area contributed by atoms with Gasteiger partial charge in [0.2, 0.25) is 5.91 Å². The van der Waals surface area contributed by atoms with Crippen molar-refractivity contribution in [1.82, 2.24) is 9.88 Å². The van der Waals surface area contributed by atoms with Crippen LogP contribution in [-0.2, 0) is 4.79 Å². The lowest BCUT2D eigenvalue weighted by molar-refractivity contribution is -0.141. The summed E-state index contributed by atoms with van der Waals surface area (Å²) in [5.74, 6) is 0.286. The first-order chi connectivity index (χ1) is 10.2. The van der Waals surface area contributed by atoms with Gasteiger partial charge in [-0.25, -0.2) is 0 Å². The number of likely N-dealkylation sites (tertiary alicyclic amines) is 1. The first-order valence-electron chi connectivity index (χ1n) is 7.81. The molecule has 2 saturated heterocycles. The molecule has 112 valence electrons. The van der Waals surface area contributed by atoms with Gasteiger partial charge in [0, 0.05) is 32.3 Å². The molecule has 4 heteroatoms. The number of anilines is 1. The molecule has 0 aromatic carbocycles. The molecule has 3 heterocycles. The molecule has 0 N–H and O–H groups in total. The molecule has 4 nitrogen and oxygen atoms in total. The van der Waals surface area contributed by atoms with Crippen LogP contribution < -0.4 is 4.90 Å². The highest BCUT2D eigenvalue weighted by molar-refractivity contribution is 5.78. The Kier molecular flexibility index (Phi) is 3.95. The topological polar surface area (TPSA) is 36.4 Å². The zero-order chi connectivity index (χ0) is 14.7. The van der Waals surface area contributed by atoms with Crippen LogP contribution in [-0.4, -0.2) is 41.0 Å². The first-order valence-corrected chi connectivity index (χ1v) is 7.81. The van der Waals surface area contributed by atoms with Crippen LogP contribution in [0.2, 0.25) is 0 Å². The van der Waals surface area contributed by atoms with Crippen LogP contribution in [0.15, 0.2) is 37.2 Å². The van der Waals surface area contributed by atoms with Gasteiger partial charge in [-0.05, 0) is 37.8 Å². The van der Waals surface area contributed by atoms with Crippen LogP contribution in [0.1, 0.15) is 32.1 Å². The van der Waals surface area contributed by atoms with Gasteiger partial charge >= 0.3 is 0 Å². The van der Waals surface area contributed by atoms with Crippen LogP contribution >= 0.6 is 0 Å². The molecule has 1 aromatic rings. The average Bonchev–Trinajstić information content (AvgIpc) is 2.52. The Morgan fingerprint density at radius 3 is 3.00 bits per heavy atom. The number of hydrogen-bond donors (Lipinski definition) is 0. The third-order valence-corrected chi connectivity index (χ3v) is 4.78. The summed E-state index contributed by atoms with van der Waals surface area (Å²) in [6.07, 6.45) is 10.6. The summed E-state index contributed by atoms with van der Waals surface area (Å²) in [5.41, 5.74) is 1.14. The van der Waals surface area contributed by atoms with Crippen molar-refractivity contribution in [2.75, 3.05) is 24.5 Å². The maximum Gasteiger partial charge on any atom is 0.223 e. The summed E-state index contributed by atoms with van der Waals surface area (Å²) in [7, 11) is 0. The third kappa shape index (κ3) is 2.67. The summed E-state index contributed by atoms with van der Waals surface area (Å²) in [5, 5.41) is 0. The molecule has 1 spiro atoms. The van der Waals surface area contributed by atoms with Crippen molar-refractivity contribution >= 4 is 11.6 Å². The summed E-state index contributed by atoms with van der Waals surface area (Å²) in [6.45, 7) is 6.45. The van der Waals surface area contributed by atoms with Crippen molar-refractivity contribution in [3.05, 3.63) is 37.2 Å². The lowest BCUT2D eigenvalue weighted by atomic mass is 9.79. The monoisotopic (exact) mass is 285 g/mol. The molecule has 3 rings (SSSR count). The predicted molar refractivity (Wildman–Crippen MR) is 84.2 cm³/mol. The van der Waals surface area contributed by atoms with E-state index in [0.717, 1.165) is 44.5 Å². The van der Waals surface area contributed by atoms with Crippen LogP contribution in [0, 0.1) is 0 Å². The Morgan fingerprint density at radius 1 is 1.38 bits per heavy atom. The van der Waals surface area contributed by atoms with E-state index < -0.39 is 0 Å². The number of carbonyl (C=O) groups is 1. The lowest BCUT2D eigenvalue weighted by Gasteiger charge is -2.52. The molecule has 1 aromatic heterocycles. The second-order valence-corrected chi connectivity index (χ2v) is 6.11. The van der Waals surface area contributed by atoms with Gasteiger partial charge in [0.05, 0.1) is 17.4 Å². The van der Waals surface area contributed by atoms with Gasteiger partial charge < -0.3 is 9.80 Å². The lowest BCUT2D eigenvalue weighted by Crippen LogP contribution is -2.62. The Hall–Kier alpha value is -1.84. The van der Waals surface area contributed by atoms with Gasteiger partial charge in [0.1, 0.15) is 0 Å². The van der Waals surface area contributed by atoms with Gasteiger partial charge in [-0.2, -0.15) is 0 Å². The quantitative estimate of drug-likeness (QED) is 0.801. The third-order valence-electron chi connectivity index (χ3n) is 4.78. The van der Waals surface area contributed by atoms with E-state index in [9.17, 15) is 4.79 Å². The van der Waals surface area contributed by atoms with Gasteiger partial charge in [0.15, 0.2) is 0 Å². The smallest absolute Gasteiger partial charge is 0.223 e. The molecule has 2 fully saturated rings. The SMILES string of the molecule is C=CCN1C(=O)CCC[C@]12CCCN(c1cccnc1)C2. The largest absolute Gasteiger partial charge is 0.368 e. The van der Waals surface area contributed by atoms with E-state index in [1.807, 2.05) is 18.3 Å². The normalized spacial score (nSPS) is 26.2. The summed E-state index contributed by atoms with van der Waals surface area (Å²) < 4.78 is 0. The Bertz CT molecular complexity index is 512. The van der Waals surface area contributed by atoms with Crippen molar-refractivity contribution in [3.8, 4) is 0 Å². The van der Waals surface area contributed by atoms with Gasteiger partial charge in [-0.15, -0.1) is 6.58 Å². The molecule has 21 heavy (non-hydrogen) atoms. The molecule has 1 atom stereocenters. The second-order valence-electron chi connectivity index (χ2n) is 6.11. The number of carbonyl (C=O) groups excluding carboxylic acids is 1.